The number of carbonyl (C=O) groups is 2. The summed E-state index contributed by atoms with van der Waals surface area (Å²) in [5, 5.41) is 0. The average Bonchev–Trinajstić information content (AvgIpc) is 2.72. The number of anilines is 1. The monoisotopic (exact) mass is 369 g/mol. The molecule has 1 unspecified atom stereocenters. The highest BCUT2D eigenvalue weighted by atomic mass is 16.5. The number of methoxy groups -OCH3 is 2. The lowest BCUT2D eigenvalue weighted by Gasteiger charge is -2.33. The summed E-state index contributed by atoms with van der Waals surface area (Å²) < 4.78 is 10.6. The van der Waals surface area contributed by atoms with E-state index in [9.17, 15) is 9.59 Å². The van der Waals surface area contributed by atoms with Crippen LogP contribution in [0.5, 0.6) is 11.5 Å². The summed E-state index contributed by atoms with van der Waals surface area (Å²) in [6.07, 6.45) is 3.21. The van der Waals surface area contributed by atoms with Crippen molar-refractivity contribution in [1.29, 1.82) is 0 Å². The SMILES string of the molecule is COc1ccc(C(=O)C2CCCN(c3ncccc3C(N)=O)C2)c(OC)c1. The van der Waals surface area contributed by atoms with Crippen LogP contribution in [-0.2, 0) is 0 Å². The minimum absolute atomic E-state index is 0.00996. The van der Waals surface area contributed by atoms with E-state index in [0.29, 0.717) is 35.0 Å². The number of carbonyl (C=O) groups excluding carboxylic acids is 2. The molecule has 0 bridgehead atoms. The maximum absolute atomic E-state index is 13.1. The zero-order valence-electron chi connectivity index (χ0n) is 15.5. The van der Waals surface area contributed by atoms with E-state index in [2.05, 4.69) is 4.98 Å². The fourth-order valence-corrected chi connectivity index (χ4v) is 3.45. The summed E-state index contributed by atoms with van der Waals surface area (Å²) in [5.41, 5.74) is 6.37. The van der Waals surface area contributed by atoms with E-state index in [-0.39, 0.29) is 11.7 Å². The quantitative estimate of drug-likeness (QED) is 0.785. The second-order valence-electron chi connectivity index (χ2n) is 6.45. The first-order chi connectivity index (χ1) is 13.0. The Hall–Kier alpha value is -3.09. The molecule has 0 aliphatic carbocycles. The van der Waals surface area contributed by atoms with E-state index in [1.165, 1.54) is 7.11 Å². The number of nitrogens with two attached hydrogens (primary N) is 1. The molecular formula is C20H23N3O4. The standard InChI is InChI=1S/C20H23N3O4/c1-26-14-7-8-15(17(11-14)27-2)18(24)13-5-4-10-23(12-13)20-16(19(21)25)6-3-9-22-20/h3,6-9,11,13H,4-5,10,12H2,1-2H3,(H2,21,25). The molecule has 1 atom stereocenters. The highest BCUT2D eigenvalue weighted by molar-refractivity contribution is 6.01. The van der Waals surface area contributed by atoms with Gasteiger partial charge in [0, 0.05) is 31.3 Å². The smallest absolute Gasteiger partial charge is 0.252 e. The first-order valence-electron chi connectivity index (χ1n) is 8.81. The van der Waals surface area contributed by atoms with Gasteiger partial charge in [-0.15, -0.1) is 0 Å². The molecule has 1 fully saturated rings. The van der Waals surface area contributed by atoms with Crippen molar-refractivity contribution in [2.75, 3.05) is 32.2 Å². The summed E-state index contributed by atoms with van der Waals surface area (Å²) >= 11 is 0. The van der Waals surface area contributed by atoms with Crippen LogP contribution in [0.25, 0.3) is 0 Å². The van der Waals surface area contributed by atoms with Crippen LogP contribution in [0.2, 0.25) is 0 Å². The van der Waals surface area contributed by atoms with Gasteiger partial charge in [0.1, 0.15) is 17.3 Å². The maximum Gasteiger partial charge on any atom is 0.252 e. The molecule has 2 heterocycles. The van der Waals surface area contributed by atoms with Crippen molar-refractivity contribution >= 4 is 17.5 Å². The first-order valence-corrected chi connectivity index (χ1v) is 8.81. The van der Waals surface area contributed by atoms with Crippen LogP contribution >= 0.6 is 0 Å². The second kappa shape index (κ2) is 8.07. The zero-order chi connectivity index (χ0) is 19.4. The summed E-state index contributed by atoms with van der Waals surface area (Å²) in [4.78, 5) is 31.1. The summed E-state index contributed by atoms with van der Waals surface area (Å²) in [6, 6.07) is 8.52. The Bertz CT molecular complexity index is 853. The van der Waals surface area contributed by atoms with Crippen molar-refractivity contribution < 1.29 is 19.1 Å². The number of nitrogens with zero attached hydrogens (tertiary/aromatic N) is 2. The fraction of sp³-hybridized carbons (Fsp3) is 0.350. The topological polar surface area (TPSA) is 94.8 Å². The van der Waals surface area contributed by atoms with Gasteiger partial charge in [-0.25, -0.2) is 4.98 Å². The third kappa shape index (κ3) is 3.86. The van der Waals surface area contributed by atoms with Crippen molar-refractivity contribution in [2.45, 2.75) is 12.8 Å². The molecule has 1 aliphatic heterocycles. The molecule has 1 aromatic carbocycles. The number of pyridine rings is 1. The normalized spacial score (nSPS) is 16.7. The Balaban J connectivity index is 1.85. The Labute approximate surface area is 158 Å². The molecule has 0 saturated carbocycles. The predicted molar refractivity (Wildman–Crippen MR) is 102 cm³/mol. The fourth-order valence-electron chi connectivity index (χ4n) is 3.45. The lowest BCUT2D eigenvalue weighted by atomic mass is 9.89. The summed E-state index contributed by atoms with van der Waals surface area (Å²) in [5.74, 6) is 0.924. The number of hydrogen-bond donors (Lipinski definition) is 1. The van der Waals surface area contributed by atoms with Crippen molar-refractivity contribution in [1.82, 2.24) is 4.98 Å². The first kappa shape index (κ1) is 18.7. The minimum Gasteiger partial charge on any atom is -0.497 e. The minimum atomic E-state index is -0.525. The van der Waals surface area contributed by atoms with Crippen LogP contribution in [0, 0.1) is 5.92 Å². The lowest BCUT2D eigenvalue weighted by molar-refractivity contribution is 0.0904. The Morgan fingerprint density at radius 3 is 2.70 bits per heavy atom. The molecule has 0 spiro atoms. The van der Waals surface area contributed by atoms with Gasteiger partial charge in [-0.05, 0) is 37.1 Å². The third-order valence-corrected chi connectivity index (χ3v) is 4.82. The molecule has 3 rings (SSSR count). The largest absolute Gasteiger partial charge is 0.497 e. The molecule has 27 heavy (non-hydrogen) atoms. The number of ether oxygens (including phenoxy) is 2. The van der Waals surface area contributed by atoms with Crippen LogP contribution in [0.15, 0.2) is 36.5 Å². The number of amides is 1. The van der Waals surface area contributed by atoms with Crippen molar-refractivity contribution in [3.63, 3.8) is 0 Å². The number of ketones is 1. The second-order valence-corrected chi connectivity index (χ2v) is 6.45. The molecule has 2 N–H and O–H groups in total. The molecule has 1 aromatic heterocycles. The van der Waals surface area contributed by atoms with E-state index in [4.69, 9.17) is 15.2 Å². The lowest BCUT2D eigenvalue weighted by Crippen LogP contribution is -2.40. The predicted octanol–water partition coefficient (Wildman–Crippen LogP) is 2.30. The van der Waals surface area contributed by atoms with E-state index in [1.54, 1.807) is 43.6 Å². The molecule has 0 radical (unpaired) electrons. The van der Waals surface area contributed by atoms with Crippen LogP contribution < -0.4 is 20.1 Å². The van der Waals surface area contributed by atoms with Crippen LogP contribution in [0.1, 0.15) is 33.6 Å². The maximum atomic E-state index is 13.1. The van der Waals surface area contributed by atoms with Gasteiger partial charge in [-0.2, -0.15) is 0 Å². The Morgan fingerprint density at radius 2 is 2.00 bits per heavy atom. The van der Waals surface area contributed by atoms with E-state index in [0.717, 1.165) is 19.4 Å². The van der Waals surface area contributed by atoms with Gasteiger partial charge >= 0.3 is 0 Å². The summed E-state index contributed by atoms with van der Waals surface area (Å²) in [7, 11) is 3.10. The molecule has 1 aliphatic rings. The van der Waals surface area contributed by atoms with Gasteiger partial charge in [0.15, 0.2) is 5.78 Å². The van der Waals surface area contributed by atoms with E-state index in [1.807, 2.05) is 4.90 Å². The number of aromatic nitrogens is 1. The zero-order valence-corrected chi connectivity index (χ0v) is 15.5. The third-order valence-electron chi connectivity index (χ3n) is 4.82. The number of piperidine rings is 1. The van der Waals surface area contributed by atoms with E-state index < -0.39 is 5.91 Å². The average molecular weight is 369 g/mol. The van der Waals surface area contributed by atoms with Gasteiger partial charge in [0.05, 0.1) is 25.3 Å². The number of hydrogen-bond acceptors (Lipinski definition) is 6. The van der Waals surface area contributed by atoms with Gasteiger partial charge in [0.2, 0.25) is 0 Å². The Kier molecular flexibility index (Phi) is 5.59. The van der Waals surface area contributed by atoms with Crippen molar-refractivity contribution in [3.8, 4) is 11.5 Å². The molecule has 7 heteroatoms. The van der Waals surface area contributed by atoms with Gasteiger partial charge in [0.25, 0.3) is 5.91 Å². The van der Waals surface area contributed by atoms with Gasteiger partial charge in [-0.3, -0.25) is 9.59 Å². The number of benzene rings is 1. The van der Waals surface area contributed by atoms with E-state index >= 15 is 0 Å². The van der Waals surface area contributed by atoms with Crippen LogP contribution in [0.3, 0.4) is 0 Å². The van der Waals surface area contributed by atoms with Crippen LogP contribution in [-0.4, -0.2) is 44.0 Å². The number of primary amides is 1. The molecule has 1 saturated heterocycles. The molecule has 7 nitrogen and oxygen atoms in total. The number of rotatable bonds is 6. The van der Waals surface area contributed by atoms with Gasteiger partial charge < -0.3 is 20.1 Å². The van der Waals surface area contributed by atoms with Crippen molar-refractivity contribution in [3.05, 3.63) is 47.7 Å². The summed E-state index contributed by atoms with van der Waals surface area (Å²) in [6.45, 7) is 1.20. The highest BCUT2D eigenvalue weighted by Gasteiger charge is 2.30. The molecule has 2 aromatic rings. The van der Waals surface area contributed by atoms with Crippen molar-refractivity contribution in [2.24, 2.45) is 11.7 Å². The van der Waals surface area contributed by atoms with Crippen LogP contribution in [0.4, 0.5) is 5.82 Å². The highest BCUT2D eigenvalue weighted by Crippen LogP contribution is 2.31. The molecular weight excluding hydrogens is 346 g/mol. The molecule has 142 valence electrons. The number of Topliss-reactive ketones (excluding diaryl/α,β-unsaturated/α-hetero) is 1. The van der Waals surface area contributed by atoms with Gasteiger partial charge in [-0.1, -0.05) is 0 Å². The molecule has 1 amide bonds. The Morgan fingerprint density at radius 1 is 1.19 bits per heavy atom.